The molecule has 2 nitrogen and oxygen atoms in total. The van der Waals surface area contributed by atoms with E-state index in [9.17, 15) is 0 Å². The van der Waals surface area contributed by atoms with Crippen molar-refractivity contribution >= 4 is 0 Å². The SMILES string of the molecule is CC(C)NCCCCCCCN(C)C. The summed E-state index contributed by atoms with van der Waals surface area (Å²) in [7, 11) is 4.29. The predicted octanol–water partition coefficient (Wildman–Crippen LogP) is 2.50. The van der Waals surface area contributed by atoms with Crippen molar-refractivity contribution in [2.45, 2.75) is 52.0 Å². The molecule has 0 saturated heterocycles. The van der Waals surface area contributed by atoms with Gasteiger partial charge in [0, 0.05) is 6.04 Å². The number of hydrogen-bond acceptors (Lipinski definition) is 2. The fourth-order valence-corrected chi connectivity index (χ4v) is 1.47. The average Bonchev–Trinajstić information content (AvgIpc) is 2.08. The van der Waals surface area contributed by atoms with Gasteiger partial charge in [0.05, 0.1) is 0 Å². The van der Waals surface area contributed by atoms with Crippen molar-refractivity contribution in [2.75, 3.05) is 27.2 Å². The smallest absolute Gasteiger partial charge is 0.00103 e. The van der Waals surface area contributed by atoms with Crippen LogP contribution in [0.15, 0.2) is 0 Å². The lowest BCUT2D eigenvalue weighted by molar-refractivity contribution is 0.389. The second-order valence-electron chi connectivity index (χ2n) is 4.68. The van der Waals surface area contributed by atoms with Crippen LogP contribution in [0.4, 0.5) is 0 Å². The molecule has 0 radical (unpaired) electrons. The Morgan fingerprint density at radius 3 is 2.07 bits per heavy atom. The molecule has 1 N–H and O–H groups in total. The molecular formula is C12H28N2. The number of unbranched alkanes of at least 4 members (excludes halogenated alkanes) is 4. The first-order chi connectivity index (χ1) is 6.63. The van der Waals surface area contributed by atoms with E-state index in [-0.39, 0.29) is 0 Å². The second-order valence-corrected chi connectivity index (χ2v) is 4.68. The number of hydrogen-bond donors (Lipinski definition) is 1. The molecule has 0 atom stereocenters. The Morgan fingerprint density at radius 2 is 1.50 bits per heavy atom. The molecule has 0 saturated carbocycles. The Labute approximate surface area is 90.1 Å². The molecule has 0 aromatic carbocycles. The molecule has 0 aliphatic carbocycles. The van der Waals surface area contributed by atoms with Gasteiger partial charge in [-0.05, 0) is 40.0 Å². The number of nitrogens with zero attached hydrogens (tertiary/aromatic N) is 1. The highest BCUT2D eigenvalue weighted by molar-refractivity contribution is 4.53. The zero-order valence-electron chi connectivity index (χ0n) is 10.5. The molecule has 0 unspecified atom stereocenters. The Hall–Kier alpha value is -0.0800. The van der Waals surface area contributed by atoms with Crippen LogP contribution < -0.4 is 5.32 Å². The van der Waals surface area contributed by atoms with Gasteiger partial charge in [-0.1, -0.05) is 33.1 Å². The maximum atomic E-state index is 3.45. The van der Waals surface area contributed by atoms with Crippen LogP contribution in [0.1, 0.15) is 46.0 Å². The van der Waals surface area contributed by atoms with Gasteiger partial charge in [0.25, 0.3) is 0 Å². The number of rotatable bonds is 9. The summed E-state index contributed by atoms with van der Waals surface area (Å²) in [6, 6.07) is 0.642. The Bertz CT molecular complexity index is 96.9. The molecule has 0 rings (SSSR count). The summed E-state index contributed by atoms with van der Waals surface area (Å²) in [5.74, 6) is 0. The summed E-state index contributed by atoms with van der Waals surface area (Å²) < 4.78 is 0. The molecule has 0 aliphatic rings. The first-order valence-electron chi connectivity index (χ1n) is 6.01. The zero-order valence-corrected chi connectivity index (χ0v) is 10.5. The largest absolute Gasteiger partial charge is 0.315 e. The van der Waals surface area contributed by atoms with E-state index in [1.807, 2.05) is 0 Å². The summed E-state index contributed by atoms with van der Waals surface area (Å²) in [5.41, 5.74) is 0. The lowest BCUT2D eigenvalue weighted by Gasteiger charge is -2.09. The highest BCUT2D eigenvalue weighted by atomic mass is 15.0. The monoisotopic (exact) mass is 200 g/mol. The fourth-order valence-electron chi connectivity index (χ4n) is 1.47. The lowest BCUT2D eigenvalue weighted by atomic mass is 10.1. The summed E-state index contributed by atoms with van der Waals surface area (Å²) in [6.45, 7) is 6.84. The molecule has 0 fully saturated rings. The maximum Gasteiger partial charge on any atom is 0.00103 e. The van der Waals surface area contributed by atoms with Gasteiger partial charge >= 0.3 is 0 Å². The first kappa shape index (κ1) is 13.9. The summed E-state index contributed by atoms with van der Waals surface area (Å²) in [5, 5.41) is 3.45. The molecule has 0 aromatic rings. The molecule has 86 valence electrons. The maximum absolute atomic E-state index is 3.45. The standard InChI is InChI=1S/C12H28N2/c1-12(2)13-10-8-6-5-7-9-11-14(3)4/h12-13H,5-11H2,1-4H3. The minimum absolute atomic E-state index is 0.642. The van der Waals surface area contributed by atoms with Crippen LogP contribution in [0.5, 0.6) is 0 Å². The van der Waals surface area contributed by atoms with E-state index in [2.05, 4.69) is 38.2 Å². The number of nitrogens with one attached hydrogen (secondary N) is 1. The van der Waals surface area contributed by atoms with E-state index in [1.165, 1.54) is 45.2 Å². The molecule has 0 heterocycles. The van der Waals surface area contributed by atoms with Crippen LogP contribution in [0, 0.1) is 0 Å². The zero-order chi connectivity index (χ0) is 10.8. The van der Waals surface area contributed by atoms with Gasteiger partial charge in [0.15, 0.2) is 0 Å². The molecule has 0 bridgehead atoms. The summed E-state index contributed by atoms with van der Waals surface area (Å²) in [6.07, 6.45) is 6.85. The van der Waals surface area contributed by atoms with Gasteiger partial charge in [-0.15, -0.1) is 0 Å². The normalized spacial score (nSPS) is 11.6. The van der Waals surface area contributed by atoms with E-state index < -0.39 is 0 Å². The second kappa shape index (κ2) is 9.47. The molecule has 0 aromatic heterocycles. The van der Waals surface area contributed by atoms with Crippen LogP contribution in [0.25, 0.3) is 0 Å². The van der Waals surface area contributed by atoms with Crippen LogP contribution in [0.2, 0.25) is 0 Å². The van der Waals surface area contributed by atoms with Crippen molar-refractivity contribution in [1.29, 1.82) is 0 Å². The minimum Gasteiger partial charge on any atom is -0.315 e. The minimum atomic E-state index is 0.642. The molecule has 0 aliphatic heterocycles. The molecule has 2 heteroatoms. The van der Waals surface area contributed by atoms with Gasteiger partial charge < -0.3 is 10.2 Å². The van der Waals surface area contributed by atoms with Crippen molar-refractivity contribution in [3.63, 3.8) is 0 Å². The first-order valence-corrected chi connectivity index (χ1v) is 6.01. The molecular weight excluding hydrogens is 172 g/mol. The predicted molar refractivity (Wildman–Crippen MR) is 64.8 cm³/mol. The molecule has 14 heavy (non-hydrogen) atoms. The van der Waals surface area contributed by atoms with Crippen molar-refractivity contribution in [1.82, 2.24) is 10.2 Å². The summed E-state index contributed by atoms with van der Waals surface area (Å²) in [4.78, 5) is 2.26. The summed E-state index contributed by atoms with van der Waals surface area (Å²) >= 11 is 0. The Morgan fingerprint density at radius 1 is 0.929 bits per heavy atom. The van der Waals surface area contributed by atoms with Crippen molar-refractivity contribution < 1.29 is 0 Å². The van der Waals surface area contributed by atoms with Crippen LogP contribution >= 0.6 is 0 Å². The van der Waals surface area contributed by atoms with E-state index in [0.29, 0.717) is 6.04 Å². The van der Waals surface area contributed by atoms with Gasteiger partial charge in [-0.25, -0.2) is 0 Å². The van der Waals surface area contributed by atoms with Gasteiger partial charge in [-0.3, -0.25) is 0 Å². The average molecular weight is 200 g/mol. The van der Waals surface area contributed by atoms with Crippen molar-refractivity contribution in [3.8, 4) is 0 Å². The van der Waals surface area contributed by atoms with Gasteiger partial charge in [0.2, 0.25) is 0 Å². The topological polar surface area (TPSA) is 15.3 Å². The highest BCUT2D eigenvalue weighted by Gasteiger charge is 1.93. The highest BCUT2D eigenvalue weighted by Crippen LogP contribution is 2.02. The Balaban J connectivity index is 2.92. The third kappa shape index (κ3) is 11.9. The van der Waals surface area contributed by atoms with Crippen LogP contribution in [-0.4, -0.2) is 38.1 Å². The fraction of sp³-hybridized carbons (Fsp3) is 1.00. The van der Waals surface area contributed by atoms with Crippen LogP contribution in [0.3, 0.4) is 0 Å². The molecule has 0 amide bonds. The third-order valence-electron chi connectivity index (χ3n) is 2.33. The van der Waals surface area contributed by atoms with E-state index in [4.69, 9.17) is 0 Å². The van der Waals surface area contributed by atoms with Crippen molar-refractivity contribution in [3.05, 3.63) is 0 Å². The Kier molecular flexibility index (Phi) is 9.42. The van der Waals surface area contributed by atoms with E-state index in [0.717, 1.165) is 0 Å². The van der Waals surface area contributed by atoms with Gasteiger partial charge in [0.1, 0.15) is 0 Å². The molecule has 0 spiro atoms. The van der Waals surface area contributed by atoms with E-state index >= 15 is 0 Å². The lowest BCUT2D eigenvalue weighted by Crippen LogP contribution is -2.23. The van der Waals surface area contributed by atoms with Crippen LogP contribution in [-0.2, 0) is 0 Å². The third-order valence-corrected chi connectivity index (χ3v) is 2.33. The quantitative estimate of drug-likeness (QED) is 0.575. The van der Waals surface area contributed by atoms with Gasteiger partial charge in [-0.2, -0.15) is 0 Å². The van der Waals surface area contributed by atoms with Crippen molar-refractivity contribution in [2.24, 2.45) is 0 Å². The van der Waals surface area contributed by atoms with E-state index in [1.54, 1.807) is 0 Å².